The van der Waals surface area contributed by atoms with E-state index in [9.17, 15) is 24.3 Å². The maximum absolute atomic E-state index is 14.1. The third-order valence-corrected chi connectivity index (χ3v) is 8.98. The third-order valence-electron chi connectivity index (χ3n) is 8.98. The molecule has 0 radical (unpaired) electrons. The first kappa shape index (κ1) is 39.6. The number of H-pyrrole nitrogens is 1. The van der Waals surface area contributed by atoms with Gasteiger partial charge in [0.2, 0.25) is 17.7 Å². The molecule has 0 saturated heterocycles. The lowest BCUT2D eigenvalue weighted by atomic mass is 9.96. The fourth-order valence-electron chi connectivity index (χ4n) is 5.84. The number of hydrogen-bond donors (Lipinski definition) is 6. The molecule has 3 aromatic carbocycles. The van der Waals surface area contributed by atoms with Gasteiger partial charge in [-0.3, -0.25) is 14.4 Å². The molecule has 3 unspecified atom stereocenters. The average Bonchev–Trinajstić information content (AvgIpc) is 3.65. The van der Waals surface area contributed by atoms with E-state index >= 15 is 0 Å². The molecule has 12 heteroatoms. The summed E-state index contributed by atoms with van der Waals surface area (Å²) in [5, 5.41) is 24.4. The largest absolute Gasteiger partial charge is 0.445 e. The maximum atomic E-state index is 14.1. The highest BCUT2D eigenvalue weighted by atomic mass is 16.5. The van der Waals surface area contributed by atoms with Crippen molar-refractivity contribution in [2.24, 2.45) is 11.8 Å². The fourth-order valence-corrected chi connectivity index (χ4v) is 5.84. The SMILES string of the molecule is CCC(C)CNC(=O)CC(O)C(CC(C)C)NC(=O)[C@H](Cc1c[nH]cn1)NC(=O)[C@H](Cc1cccc2ccccc12)NC(=O)OCc1ccccc1. The van der Waals surface area contributed by atoms with E-state index in [2.05, 4.69) is 31.2 Å². The summed E-state index contributed by atoms with van der Waals surface area (Å²) in [5.41, 5.74) is 2.13. The van der Waals surface area contributed by atoms with Crippen molar-refractivity contribution in [2.75, 3.05) is 6.54 Å². The lowest BCUT2D eigenvalue weighted by molar-refractivity contribution is -0.131. The molecule has 0 spiro atoms. The monoisotopic (exact) mass is 712 g/mol. The Bertz CT molecular complexity index is 1730. The van der Waals surface area contributed by atoms with Crippen LogP contribution in [-0.4, -0.2) is 69.7 Å². The molecule has 4 amide bonds. The van der Waals surface area contributed by atoms with Crippen molar-refractivity contribution in [3.05, 3.63) is 102 Å². The Morgan fingerprint density at radius 3 is 2.25 bits per heavy atom. The molecule has 0 aliphatic heterocycles. The molecular weight excluding hydrogens is 660 g/mol. The molecule has 0 aliphatic rings. The van der Waals surface area contributed by atoms with E-state index in [1.807, 2.05) is 100 Å². The summed E-state index contributed by atoms with van der Waals surface area (Å²) < 4.78 is 5.47. The highest BCUT2D eigenvalue weighted by Gasteiger charge is 2.32. The Kier molecular flexibility index (Phi) is 15.2. The van der Waals surface area contributed by atoms with Crippen LogP contribution in [-0.2, 0) is 38.6 Å². The van der Waals surface area contributed by atoms with Gasteiger partial charge in [-0.05, 0) is 40.2 Å². The zero-order valence-corrected chi connectivity index (χ0v) is 30.4. The van der Waals surface area contributed by atoms with Gasteiger partial charge in [-0.15, -0.1) is 0 Å². The van der Waals surface area contributed by atoms with Gasteiger partial charge in [0.05, 0.1) is 30.6 Å². The van der Waals surface area contributed by atoms with Gasteiger partial charge in [-0.2, -0.15) is 0 Å². The molecule has 278 valence electrons. The van der Waals surface area contributed by atoms with Crippen LogP contribution in [0.2, 0.25) is 0 Å². The van der Waals surface area contributed by atoms with Crippen LogP contribution in [0.15, 0.2) is 85.3 Å². The van der Waals surface area contributed by atoms with Gasteiger partial charge in [0, 0.05) is 25.6 Å². The first-order chi connectivity index (χ1) is 25.0. The van der Waals surface area contributed by atoms with E-state index in [4.69, 9.17) is 4.74 Å². The van der Waals surface area contributed by atoms with E-state index in [1.165, 1.54) is 6.33 Å². The van der Waals surface area contributed by atoms with Crippen LogP contribution in [0.4, 0.5) is 4.79 Å². The molecule has 0 aliphatic carbocycles. The van der Waals surface area contributed by atoms with E-state index in [1.54, 1.807) is 6.20 Å². The second-order valence-corrected chi connectivity index (χ2v) is 13.8. The number of ether oxygens (including phenoxy) is 1. The molecular formula is C40H52N6O6. The number of rotatable bonds is 19. The molecule has 0 fully saturated rings. The molecule has 0 saturated carbocycles. The lowest BCUT2D eigenvalue weighted by Crippen LogP contribution is -2.57. The number of aliphatic hydroxyl groups excluding tert-OH is 1. The number of aliphatic hydroxyl groups is 1. The van der Waals surface area contributed by atoms with Crippen LogP contribution < -0.4 is 21.3 Å². The number of alkyl carbamates (subject to hydrolysis) is 1. The Balaban J connectivity index is 1.54. The number of carbonyl (C=O) groups excluding carboxylic acids is 4. The van der Waals surface area contributed by atoms with Gasteiger partial charge in [0.25, 0.3) is 0 Å². The van der Waals surface area contributed by atoms with Crippen molar-refractivity contribution in [1.82, 2.24) is 31.2 Å². The van der Waals surface area contributed by atoms with E-state index in [0.29, 0.717) is 24.6 Å². The minimum Gasteiger partial charge on any atom is -0.445 e. The van der Waals surface area contributed by atoms with Gasteiger partial charge in [-0.1, -0.05) is 107 Å². The lowest BCUT2D eigenvalue weighted by Gasteiger charge is -2.29. The molecule has 5 atom stereocenters. The van der Waals surface area contributed by atoms with Crippen LogP contribution in [0.1, 0.15) is 63.8 Å². The Morgan fingerprint density at radius 1 is 0.846 bits per heavy atom. The standard InChI is InChI=1S/C40H52N6O6/c1-5-27(4)22-42-37(48)21-36(47)33(18-26(2)3)44-39(50)35(20-31-23-41-25-43-31)45-38(49)34(46-40(51)52-24-28-12-7-6-8-13-28)19-30-16-11-15-29-14-9-10-17-32(29)30/h6-17,23,25-27,33-36,47H,5,18-22,24H2,1-4H3,(H,41,43)(H,42,48)(H,44,50)(H,45,49)(H,46,51)/t27?,33?,34-,35-,36?/m0/s1. The summed E-state index contributed by atoms with van der Waals surface area (Å²) in [6.45, 7) is 8.49. The van der Waals surface area contributed by atoms with Gasteiger partial charge < -0.3 is 36.1 Å². The molecule has 6 N–H and O–H groups in total. The van der Waals surface area contributed by atoms with Crippen molar-refractivity contribution >= 4 is 34.6 Å². The van der Waals surface area contributed by atoms with Crippen LogP contribution in [0, 0.1) is 11.8 Å². The van der Waals surface area contributed by atoms with Crippen molar-refractivity contribution in [1.29, 1.82) is 0 Å². The highest BCUT2D eigenvalue weighted by Crippen LogP contribution is 2.20. The topological polar surface area (TPSA) is 175 Å². The number of carbonyl (C=O) groups is 4. The summed E-state index contributed by atoms with van der Waals surface area (Å²) in [4.78, 5) is 61.0. The van der Waals surface area contributed by atoms with Gasteiger partial charge >= 0.3 is 6.09 Å². The smallest absolute Gasteiger partial charge is 0.408 e. The van der Waals surface area contributed by atoms with Crippen LogP contribution in [0.25, 0.3) is 10.8 Å². The first-order valence-corrected chi connectivity index (χ1v) is 18.0. The van der Waals surface area contributed by atoms with Crippen molar-refractivity contribution in [3.8, 4) is 0 Å². The first-order valence-electron chi connectivity index (χ1n) is 18.0. The summed E-state index contributed by atoms with van der Waals surface area (Å²) in [6.07, 6.45) is 2.41. The number of imidazole rings is 1. The van der Waals surface area contributed by atoms with Crippen LogP contribution >= 0.6 is 0 Å². The van der Waals surface area contributed by atoms with E-state index in [0.717, 1.165) is 28.3 Å². The van der Waals surface area contributed by atoms with Crippen molar-refractivity contribution in [2.45, 2.75) is 90.6 Å². The second kappa shape index (κ2) is 20.0. The molecule has 1 aromatic heterocycles. The summed E-state index contributed by atoms with van der Waals surface area (Å²) in [5.74, 6) is -1.09. The van der Waals surface area contributed by atoms with Crippen LogP contribution in [0.3, 0.4) is 0 Å². The Labute approximate surface area is 305 Å². The minimum atomic E-state index is -1.16. The van der Waals surface area contributed by atoms with Crippen molar-refractivity contribution < 1.29 is 29.0 Å². The third kappa shape index (κ3) is 12.5. The molecule has 4 aromatic rings. The second-order valence-electron chi connectivity index (χ2n) is 13.8. The fraction of sp³-hybridized carbons (Fsp3) is 0.425. The summed E-state index contributed by atoms with van der Waals surface area (Å²) >= 11 is 0. The number of hydrogen-bond acceptors (Lipinski definition) is 7. The molecule has 4 rings (SSSR count). The molecule has 0 bridgehead atoms. The number of benzene rings is 3. The Morgan fingerprint density at radius 2 is 1.54 bits per heavy atom. The quantitative estimate of drug-likeness (QED) is 0.0826. The number of fused-ring (bicyclic) bond motifs is 1. The van der Waals surface area contributed by atoms with Crippen molar-refractivity contribution in [3.63, 3.8) is 0 Å². The van der Waals surface area contributed by atoms with Crippen LogP contribution in [0.5, 0.6) is 0 Å². The van der Waals surface area contributed by atoms with Gasteiger partial charge in [0.15, 0.2) is 0 Å². The summed E-state index contributed by atoms with van der Waals surface area (Å²) in [6, 6.07) is 19.7. The van der Waals surface area contributed by atoms with E-state index in [-0.39, 0.29) is 37.7 Å². The number of aromatic amines is 1. The van der Waals surface area contributed by atoms with E-state index < -0.39 is 42.1 Å². The number of nitrogens with one attached hydrogen (secondary N) is 5. The van der Waals surface area contributed by atoms with Gasteiger partial charge in [0.1, 0.15) is 18.7 Å². The zero-order chi connectivity index (χ0) is 37.5. The Hall–Kier alpha value is -5.23. The highest BCUT2D eigenvalue weighted by molar-refractivity contribution is 5.93. The minimum absolute atomic E-state index is 0.00862. The predicted molar refractivity (Wildman–Crippen MR) is 200 cm³/mol. The average molecular weight is 713 g/mol. The normalized spacial score (nSPS) is 14.1. The zero-order valence-electron chi connectivity index (χ0n) is 30.4. The maximum Gasteiger partial charge on any atom is 0.408 e. The number of amides is 4. The number of nitrogens with zero attached hydrogens (tertiary/aromatic N) is 1. The van der Waals surface area contributed by atoms with Gasteiger partial charge in [-0.25, -0.2) is 9.78 Å². The molecule has 12 nitrogen and oxygen atoms in total. The predicted octanol–water partition coefficient (Wildman–Crippen LogP) is 4.57. The number of aromatic nitrogens is 2. The summed E-state index contributed by atoms with van der Waals surface area (Å²) in [7, 11) is 0. The molecule has 1 heterocycles. The molecule has 52 heavy (non-hydrogen) atoms.